The van der Waals surface area contributed by atoms with Gasteiger partial charge in [0, 0.05) is 5.39 Å². The molecule has 0 radical (unpaired) electrons. The molecule has 24 heavy (non-hydrogen) atoms. The number of hydrogen-bond acceptors (Lipinski definition) is 6. The van der Waals surface area contributed by atoms with E-state index >= 15 is 0 Å². The molecule has 2 heterocycles. The summed E-state index contributed by atoms with van der Waals surface area (Å²) in [6.07, 6.45) is 1.88. The molecule has 0 amide bonds. The first kappa shape index (κ1) is 16.7. The van der Waals surface area contributed by atoms with E-state index in [4.69, 9.17) is 4.74 Å². The summed E-state index contributed by atoms with van der Waals surface area (Å²) in [6, 6.07) is 7.80. The summed E-state index contributed by atoms with van der Waals surface area (Å²) in [5, 5.41) is 5.65. The molecule has 7 heteroatoms. The highest BCUT2D eigenvalue weighted by Gasteiger charge is 2.20. The Balaban J connectivity index is 1.92. The van der Waals surface area contributed by atoms with Crippen molar-refractivity contribution < 1.29 is 9.53 Å². The van der Waals surface area contributed by atoms with E-state index in [1.807, 2.05) is 38.1 Å². The van der Waals surface area contributed by atoms with Crippen LogP contribution in [0.15, 0.2) is 29.4 Å². The maximum atomic E-state index is 12.1. The van der Waals surface area contributed by atoms with Gasteiger partial charge in [-0.2, -0.15) is 4.52 Å². The standard InChI is InChI=1S/C17H20N4O2S/c1-4-5-10-23-16(22)11(2)24-17-19-14-9-7-6-8-13(14)15-18-12(3)20-21(15)17/h6-9,11H,4-5,10H2,1-3H3. The number of fused-ring (bicyclic) bond motifs is 3. The van der Waals surface area contributed by atoms with Crippen LogP contribution in [-0.2, 0) is 9.53 Å². The largest absolute Gasteiger partial charge is 0.465 e. The Hall–Kier alpha value is -2.15. The third-order valence-electron chi connectivity index (χ3n) is 3.61. The fraction of sp³-hybridized carbons (Fsp3) is 0.412. The summed E-state index contributed by atoms with van der Waals surface area (Å²) in [5.74, 6) is 0.446. The first-order chi connectivity index (χ1) is 11.6. The minimum atomic E-state index is -0.358. The van der Waals surface area contributed by atoms with E-state index in [1.54, 1.807) is 4.52 Å². The highest BCUT2D eigenvalue weighted by Crippen LogP contribution is 2.27. The zero-order valence-corrected chi connectivity index (χ0v) is 14.8. The molecule has 0 bridgehead atoms. The molecule has 3 aromatic rings. The quantitative estimate of drug-likeness (QED) is 0.295. The second kappa shape index (κ2) is 7.17. The van der Waals surface area contributed by atoms with Gasteiger partial charge in [0.15, 0.2) is 10.8 Å². The van der Waals surface area contributed by atoms with Crippen LogP contribution in [0.25, 0.3) is 16.6 Å². The molecule has 0 saturated carbocycles. The fourth-order valence-corrected chi connectivity index (χ4v) is 3.21. The lowest BCUT2D eigenvalue weighted by atomic mass is 10.2. The van der Waals surface area contributed by atoms with Gasteiger partial charge >= 0.3 is 5.97 Å². The van der Waals surface area contributed by atoms with Crippen LogP contribution >= 0.6 is 11.8 Å². The molecule has 1 unspecified atom stereocenters. The Kier molecular flexibility index (Phi) is 4.99. The fourth-order valence-electron chi connectivity index (χ4n) is 2.35. The van der Waals surface area contributed by atoms with Crippen molar-refractivity contribution in [3.8, 4) is 0 Å². The Morgan fingerprint density at radius 2 is 2.12 bits per heavy atom. The molecule has 2 aromatic heterocycles. The highest BCUT2D eigenvalue weighted by atomic mass is 32.2. The van der Waals surface area contributed by atoms with Crippen LogP contribution in [0.2, 0.25) is 0 Å². The Morgan fingerprint density at radius 1 is 1.33 bits per heavy atom. The Bertz CT molecular complexity index is 878. The monoisotopic (exact) mass is 344 g/mol. The number of carbonyl (C=O) groups excluding carboxylic acids is 1. The van der Waals surface area contributed by atoms with E-state index in [-0.39, 0.29) is 11.2 Å². The predicted octanol–water partition coefficient (Wildman–Crippen LogP) is 3.41. The topological polar surface area (TPSA) is 69.4 Å². The van der Waals surface area contributed by atoms with E-state index in [1.165, 1.54) is 11.8 Å². The zero-order valence-electron chi connectivity index (χ0n) is 14.0. The molecule has 0 aliphatic rings. The van der Waals surface area contributed by atoms with Gasteiger partial charge < -0.3 is 4.74 Å². The summed E-state index contributed by atoms with van der Waals surface area (Å²) in [4.78, 5) is 21.3. The maximum absolute atomic E-state index is 12.1. The van der Waals surface area contributed by atoms with Crippen LogP contribution in [0.1, 0.15) is 32.5 Å². The molecule has 0 N–H and O–H groups in total. The van der Waals surface area contributed by atoms with E-state index in [2.05, 4.69) is 22.0 Å². The summed E-state index contributed by atoms with van der Waals surface area (Å²) in [5.41, 5.74) is 1.60. The molecule has 1 atom stereocenters. The van der Waals surface area contributed by atoms with Gasteiger partial charge in [-0.05, 0) is 32.4 Å². The first-order valence-electron chi connectivity index (χ1n) is 8.05. The maximum Gasteiger partial charge on any atom is 0.319 e. The van der Waals surface area contributed by atoms with E-state index in [0.29, 0.717) is 17.6 Å². The van der Waals surface area contributed by atoms with Crippen molar-refractivity contribution in [2.45, 2.75) is 44.0 Å². The van der Waals surface area contributed by atoms with E-state index in [9.17, 15) is 4.79 Å². The van der Waals surface area contributed by atoms with Crippen LogP contribution < -0.4 is 0 Å². The van der Waals surface area contributed by atoms with Gasteiger partial charge in [0.05, 0.1) is 12.1 Å². The van der Waals surface area contributed by atoms with Crippen LogP contribution in [0.3, 0.4) is 0 Å². The molecule has 0 aliphatic carbocycles. The van der Waals surface area contributed by atoms with Gasteiger partial charge in [0.25, 0.3) is 0 Å². The van der Waals surface area contributed by atoms with Gasteiger partial charge in [0.1, 0.15) is 11.1 Å². The van der Waals surface area contributed by atoms with Crippen LogP contribution in [-0.4, -0.2) is 37.4 Å². The second-order valence-corrected chi connectivity index (χ2v) is 6.90. The van der Waals surface area contributed by atoms with Gasteiger partial charge in [-0.1, -0.05) is 37.2 Å². The molecule has 0 aliphatic heterocycles. The lowest BCUT2D eigenvalue weighted by Crippen LogP contribution is -2.18. The molecule has 0 fully saturated rings. The minimum Gasteiger partial charge on any atom is -0.465 e. The number of nitrogens with zero attached hydrogens (tertiary/aromatic N) is 4. The van der Waals surface area contributed by atoms with Crippen molar-refractivity contribution >= 4 is 34.3 Å². The van der Waals surface area contributed by atoms with Crippen molar-refractivity contribution in [2.75, 3.05) is 6.61 Å². The minimum absolute atomic E-state index is 0.228. The SMILES string of the molecule is CCCCOC(=O)C(C)Sc1nc2ccccc2c2nc(C)nn12. The number of aromatic nitrogens is 4. The molecule has 3 rings (SSSR count). The van der Waals surface area contributed by atoms with Crippen molar-refractivity contribution in [2.24, 2.45) is 0 Å². The average Bonchev–Trinajstić information content (AvgIpc) is 2.97. The lowest BCUT2D eigenvalue weighted by molar-refractivity contribution is -0.142. The molecule has 0 saturated heterocycles. The number of carbonyl (C=O) groups is 1. The number of esters is 1. The third-order valence-corrected chi connectivity index (χ3v) is 4.63. The summed E-state index contributed by atoms with van der Waals surface area (Å²) < 4.78 is 6.99. The van der Waals surface area contributed by atoms with Crippen molar-refractivity contribution in [3.05, 3.63) is 30.1 Å². The summed E-state index contributed by atoms with van der Waals surface area (Å²) in [7, 11) is 0. The molecule has 6 nitrogen and oxygen atoms in total. The zero-order chi connectivity index (χ0) is 17.1. The third kappa shape index (κ3) is 3.36. The smallest absolute Gasteiger partial charge is 0.319 e. The molecular weight excluding hydrogens is 324 g/mol. The first-order valence-corrected chi connectivity index (χ1v) is 8.93. The van der Waals surface area contributed by atoms with Crippen molar-refractivity contribution in [1.82, 2.24) is 19.6 Å². The molecule has 126 valence electrons. The number of rotatable bonds is 6. The van der Waals surface area contributed by atoms with Crippen LogP contribution in [0, 0.1) is 6.92 Å². The number of unbranched alkanes of at least 4 members (excludes halogenated alkanes) is 1. The molecular formula is C17H20N4O2S. The number of thioether (sulfide) groups is 1. The predicted molar refractivity (Wildman–Crippen MR) is 94.2 cm³/mol. The number of aryl methyl sites for hydroxylation is 1. The van der Waals surface area contributed by atoms with Gasteiger partial charge in [0.2, 0.25) is 0 Å². The van der Waals surface area contributed by atoms with E-state index in [0.717, 1.165) is 29.4 Å². The number of hydrogen-bond donors (Lipinski definition) is 0. The highest BCUT2D eigenvalue weighted by molar-refractivity contribution is 8.00. The number of para-hydroxylation sites is 1. The van der Waals surface area contributed by atoms with E-state index < -0.39 is 0 Å². The van der Waals surface area contributed by atoms with Crippen molar-refractivity contribution in [1.29, 1.82) is 0 Å². The van der Waals surface area contributed by atoms with Crippen LogP contribution in [0.5, 0.6) is 0 Å². The summed E-state index contributed by atoms with van der Waals surface area (Å²) in [6.45, 7) is 6.20. The van der Waals surface area contributed by atoms with Gasteiger partial charge in [-0.15, -0.1) is 5.10 Å². The molecule has 0 spiro atoms. The number of ether oxygens (including phenoxy) is 1. The van der Waals surface area contributed by atoms with Crippen LogP contribution in [0.4, 0.5) is 0 Å². The lowest BCUT2D eigenvalue weighted by Gasteiger charge is -2.11. The molecule has 1 aromatic carbocycles. The van der Waals surface area contributed by atoms with Gasteiger partial charge in [-0.25, -0.2) is 9.97 Å². The second-order valence-electron chi connectivity index (χ2n) is 5.59. The normalized spacial score (nSPS) is 12.6. The van der Waals surface area contributed by atoms with Crippen molar-refractivity contribution in [3.63, 3.8) is 0 Å². The Labute approximate surface area is 144 Å². The Morgan fingerprint density at radius 3 is 2.92 bits per heavy atom. The number of benzene rings is 1. The summed E-state index contributed by atoms with van der Waals surface area (Å²) >= 11 is 1.34. The van der Waals surface area contributed by atoms with Gasteiger partial charge in [-0.3, -0.25) is 4.79 Å². The average molecular weight is 344 g/mol.